The van der Waals surface area contributed by atoms with Gasteiger partial charge >= 0.3 is 0 Å². The van der Waals surface area contributed by atoms with Gasteiger partial charge in [-0.1, -0.05) is 54.1 Å². The van der Waals surface area contributed by atoms with Crippen molar-refractivity contribution < 1.29 is 0 Å². The fourth-order valence-corrected chi connectivity index (χ4v) is 2.67. The first kappa shape index (κ1) is 13.9. The number of hydrogen-bond acceptors (Lipinski definition) is 2. The smallest absolute Gasteiger partial charge is 0.0954 e. The molecule has 2 N–H and O–H groups in total. The van der Waals surface area contributed by atoms with Crippen molar-refractivity contribution in [2.45, 2.75) is 13.1 Å². The van der Waals surface area contributed by atoms with Gasteiger partial charge < -0.3 is 10.3 Å². The Morgan fingerprint density at radius 2 is 1.71 bits per heavy atom. The summed E-state index contributed by atoms with van der Waals surface area (Å²) in [4.78, 5) is 4.26. The minimum Gasteiger partial charge on any atom is -0.326 e. The zero-order chi connectivity index (χ0) is 14.7. The number of halogens is 1. The second-order valence-corrected chi connectivity index (χ2v) is 5.27. The highest BCUT2D eigenvalue weighted by atomic mass is 35.5. The molecule has 0 saturated carbocycles. The van der Waals surface area contributed by atoms with Crippen molar-refractivity contribution in [2.75, 3.05) is 0 Å². The first-order chi connectivity index (χ1) is 10.3. The van der Waals surface area contributed by atoms with E-state index in [1.807, 2.05) is 48.9 Å². The van der Waals surface area contributed by atoms with E-state index in [1.54, 1.807) is 0 Å². The van der Waals surface area contributed by atoms with Crippen molar-refractivity contribution in [1.29, 1.82) is 0 Å². The third-order valence-corrected chi connectivity index (χ3v) is 3.87. The third-order valence-electron chi connectivity index (χ3n) is 3.54. The fraction of sp³-hybridized carbons (Fsp3) is 0.118. The Kier molecular flexibility index (Phi) is 4.04. The number of imidazole rings is 1. The van der Waals surface area contributed by atoms with Crippen LogP contribution in [0, 0.1) is 0 Å². The largest absolute Gasteiger partial charge is 0.326 e. The Balaban J connectivity index is 1.99. The molecule has 0 unspecified atom stereocenters. The fourth-order valence-electron chi connectivity index (χ4n) is 2.43. The molecule has 3 rings (SSSR count). The number of benzene rings is 2. The lowest BCUT2D eigenvalue weighted by atomic mass is 10.1. The summed E-state index contributed by atoms with van der Waals surface area (Å²) in [5.41, 5.74) is 10.2. The monoisotopic (exact) mass is 297 g/mol. The molecule has 3 nitrogen and oxygen atoms in total. The van der Waals surface area contributed by atoms with Crippen LogP contribution in [0.2, 0.25) is 5.02 Å². The molecule has 1 aromatic heterocycles. The lowest BCUT2D eigenvalue weighted by Gasteiger charge is -2.12. The van der Waals surface area contributed by atoms with Gasteiger partial charge in [-0.3, -0.25) is 0 Å². The molecule has 0 amide bonds. The molecular weight excluding hydrogens is 282 g/mol. The van der Waals surface area contributed by atoms with Crippen LogP contribution in [0.15, 0.2) is 61.1 Å². The Hall–Kier alpha value is -2.10. The minimum atomic E-state index is 0.534. The van der Waals surface area contributed by atoms with E-state index in [9.17, 15) is 0 Å². The Bertz CT molecular complexity index is 749. The summed E-state index contributed by atoms with van der Waals surface area (Å²) < 4.78 is 2.09. The molecule has 0 atom stereocenters. The Labute approximate surface area is 129 Å². The van der Waals surface area contributed by atoms with E-state index in [1.165, 1.54) is 5.56 Å². The topological polar surface area (TPSA) is 43.8 Å². The van der Waals surface area contributed by atoms with Crippen LogP contribution in [-0.4, -0.2) is 9.55 Å². The maximum absolute atomic E-state index is 6.29. The van der Waals surface area contributed by atoms with Crippen LogP contribution >= 0.6 is 11.6 Å². The second-order valence-electron chi connectivity index (χ2n) is 4.86. The molecule has 0 saturated heterocycles. The average Bonchev–Trinajstić information content (AvgIpc) is 2.96. The van der Waals surface area contributed by atoms with E-state index >= 15 is 0 Å². The van der Waals surface area contributed by atoms with Crippen LogP contribution in [0.25, 0.3) is 11.3 Å². The van der Waals surface area contributed by atoms with Crippen LogP contribution < -0.4 is 5.73 Å². The van der Waals surface area contributed by atoms with Crippen molar-refractivity contribution in [3.63, 3.8) is 0 Å². The summed E-state index contributed by atoms with van der Waals surface area (Å²) in [6.07, 6.45) is 3.66. The van der Waals surface area contributed by atoms with Crippen molar-refractivity contribution in [1.82, 2.24) is 9.55 Å². The maximum atomic E-state index is 6.29. The molecule has 0 aliphatic carbocycles. The van der Waals surface area contributed by atoms with Gasteiger partial charge in [-0.2, -0.15) is 0 Å². The van der Waals surface area contributed by atoms with Crippen molar-refractivity contribution >= 4 is 11.6 Å². The summed E-state index contributed by atoms with van der Waals surface area (Å²) >= 11 is 6.29. The van der Waals surface area contributed by atoms with Gasteiger partial charge in [-0.05, 0) is 17.2 Å². The van der Waals surface area contributed by atoms with Crippen molar-refractivity contribution in [2.24, 2.45) is 5.73 Å². The highest BCUT2D eigenvalue weighted by Gasteiger charge is 2.10. The molecule has 106 valence electrons. The number of aromatic nitrogens is 2. The predicted octanol–water partition coefficient (Wildman–Crippen LogP) is 3.71. The first-order valence-electron chi connectivity index (χ1n) is 6.81. The quantitative estimate of drug-likeness (QED) is 0.798. The van der Waals surface area contributed by atoms with Gasteiger partial charge in [0.05, 0.1) is 18.2 Å². The zero-order valence-electron chi connectivity index (χ0n) is 11.5. The molecule has 0 radical (unpaired) electrons. The SMILES string of the molecule is NCc1ccccc1Cn1cncc1-c1ccccc1Cl. The Morgan fingerprint density at radius 1 is 1.00 bits per heavy atom. The molecule has 0 spiro atoms. The van der Waals surface area contributed by atoms with Gasteiger partial charge in [0.15, 0.2) is 0 Å². The summed E-state index contributed by atoms with van der Waals surface area (Å²) in [5.74, 6) is 0. The molecular formula is C17H16ClN3. The lowest BCUT2D eigenvalue weighted by molar-refractivity contribution is 0.792. The van der Waals surface area contributed by atoms with Gasteiger partial charge in [0.2, 0.25) is 0 Å². The molecule has 0 bridgehead atoms. The number of nitrogens with two attached hydrogens (primary N) is 1. The summed E-state index contributed by atoms with van der Waals surface area (Å²) in [6.45, 7) is 1.26. The van der Waals surface area contributed by atoms with Crippen molar-refractivity contribution in [3.05, 3.63) is 77.2 Å². The first-order valence-corrected chi connectivity index (χ1v) is 7.19. The van der Waals surface area contributed by atoms with Crippen LogP contribution in [0.3, 0.4) is 0 Å². The summed E-state index contributed by atoms with van der Waals surface area (Å²) in [6, 6.07) is 16.0. The van der Waals surface area contributed by atoms with E-state index in [4.69, 9.17) is 17.3 Å². The molecule has 0 fully saturated rings. The van der Waals surface area contributed by atoms with E-state index in [2.05, 4.69) is 21.7 Å². The van der Waals surface area contributed by atoms with Crippen LogP contribution in [0.5, 0.6) is 0 Å². The normalized spacial score (nSPS) is 10.8. The molecule has 2 aromatic carbocycles. The van der Waals surface area contributed by atoms with E-state index in [0.717, 1.165) is 28.4 Å². The van der Waals surface area contributed by atoms with Gasteiger partial charge in [-0.15, -0.1) is 0 Å². The van der Waals surface area contributed by atoms with E-state index in [-0.39, 0.29) is 0 Å². The summed E-state index contributed by atoms with van der Waals surface area (Å²) in [5, 5.41) is 0.728. The average molecular weight is 298 g/mol. The second kappa shape index (κ2) is 6.12. The maximum Gasteiger partial charge on any atom is 0.0954 e. The highest BCUT2D eigenvalue weighted by Crippen LogP contribution is 2.27. The van der Waals surface area contributed by atoms with Crippen LogP contribution in [0.4, 0.5) is 0 Å². The molecule has 1 heterocycles. The molecule has 0 aliphatic rings. The zero-order valence-corrected chi connectivity index (χ0v) is 12.3. The van der Waals surface area contributed by atoms with Crippen LogP contribution in [-0.2, 0) is 13.1 Å². The van der Waals surface area contributed by atoms with Crippen molar-refractivity contribution in [3.8, 4) is 11.3 Å². The summed E-state index contributed by atoms with van der Waals surface area (Å²) in [7, 11) is 0. The highest BCUT2D eigenvalue weighted by molar-refractivity contribution is 6.33. The predicted molar refractivity (Wildman–Crippen MR) is 86.1 cm³/mol. The molecule has 0 aliphatic heterocycles. The third kappa shape index (κ3) is 2.84. The van der Waals surface area contributed by atoms with E-state index in [0.29, 0.717) is 6.54 Å². The molecule has 4 heteroatoms. The number of hydrogen-bond donors (Lipinski definition) is 1. The molecule has 21 heavy (non-hydrogen) atoms. The number of rotatable bonds is 4. The lowest BCUT2D eigenvalue weighted by Crippen LogP contribution is -2.06. The van der Waals surface area contributed by atoms with Gasteiger partial charge in [0, 0.05) is 23.7 Å². The van der Waals surface area contributed by atoms with Gasteiger partial charge in [0.25, 0.3) is 0 Å². The van der Waals surface area contributed by atoms with Gasteiger partial charge in [0.1, 0.15) is 0 Å². The number of nitrogens with zero attached hydrogens (tertiary/aromatic N) is 2. The molecule has 3 aromatic rings. The Morgan fingerprint density at radius 3 is 2.48 bits per heavy atom. The van der Waals surface area contributed by atoms with Gasteiger partial charge in [-0.25, -0.2) is 4.98 Å². The van der Waals surface area contributed by atoms with E-state index < -0.39 is 0 Å². The minimum absolute atomic E-state index is 0.534. The standard InChI is InChI=1S/C17H16ClN3/c18-16-8-4-3-7-15(16)17-10-20-12-21(17)11-14-6-2-1-5-13(14)9-19/h1-8,10,12H,9,11,19H2. The van der Waals surface area contributed by atoms with Crippen LogP contribution in [0.1, 0.15) is 11.1 Å².